The van der Waals surface area contributed by atoms with Gasteiger partial charge in [0.15, 0.2) is 0 Å². The van der Waals surface area contributed by atoms with Crippen molar-refractivity contribution in [1.29, 1.82) is 0 Å². The van der Waals surface area contributed by atoms with Crippen molar-refractivity contribution in [3.8, 4) is 0 Å². The van der Waals surface area contributed by atoms with E-state index in [-0.39, 0.29) is 0 Å². The number of nitrogens with one attached hydrogen (secondary N) is 1. The molecule has 15 heavy (non-hydrogen) atoms. The van der Waals surface area contributed by atoms with Gasteiger partial charge in [-0.1, -0.05) is 52.4 Å². The minimum atomic E-state index is 0.543. The lowest BCUT2D eigenvalue weighted by Gasteiger charge is -2.29. The van der Waals surface area contributed by atoms with E-state index in [9.17, 15) is 0 Å². The summed E-state index contributed by atoms with van der Waals surface area (Å²) >= 11 is 0. The smallest absolute Gasteiger partial charge is 0.0181 e. The fourth-order valence-electron chi connectivity index (χ4n) is 2.97. The third-order valence-electron chi connectivity index (χ3n) is 3.82. The average molecular weight is 211 g/mol. The van der Waals surface area contributed by atoms with Crippen molar-refractivity contribution in [2.75, 3.05) is 6.54 Å². The van der Waals surface area contributed by atoms with E-state index in [1.807, 2.05) is 0 Å². The molecule has 1 heteroatoms. The summed E-state index contributed by atoms with van der Waals surface area (Å²) in [7, 11) is 0. The lowest BCUT2D eigenvalue weighted by Crippen LogP contribution is -2.39. The number of hydrogen-bond donors (Lipinski definition) is 1. The Balaban J connectivity index is 2.14. The van der Waals surface area contributed by atoms with Crippen LogP contribution < -0.4 is 5.32 Å². The van der Waals surface area contributed by atoms with E-state index in [2.05, 4.69) is 19.2 Å². The highest BCUT2D eigenvalue weighted by Gasteiger charge is 2.31. The lowest BCUT2D eigenvalue weighted by atomic mass is 9.86. The van der Waals surface area contributed by atoms with E-state index < -0.39 is 0 Å². The predicted molar refractivity (Wildman–Crippen MR) is 68.3 cm³/mol. The summed E-state index contributed by atoms with van der Waals surface area (Å²) in [5.74, 6) is 0. The first kappa shape index (κ1) is 13.0. The monoisotopic (exact) mass is 211 g/mol. The molecule has 1 saturated heterocycles. The first-order chi connectivity index (χ1) is 7.33. The Morgan fingerprint density at radius 1 is 0.933 bits per heavy atom. The van der Waals surface area contributed by atoms with Crippen LogP contribution in [0.25, 0.3) is 0 Å². The number of unbranched alkanes of at least 4 members (excludes halogenated alkanes) is 4. The SMILES string of the molecule is CCCCCCCC1(CCC)CCCN1. The molecule has 0 radical (unpaired) electrons. The fraction of sp³-hybridized carbons (Fsp3) is 1.00. The van der Waals surface area contributed by atoms with Gasteiger partial charge in [-0.2, -0.15) is 0 Å². The quantitative estimate of drug-likeness (QED) is 0.591. The highest BCUT2D eigenvalue weighted by atomic mass is 15.0. The molecule has 0 spiro atoms. The molecule has 1 fully saturated rings. The van der Waals surface area contributed by atoms with Crippen LogP contribution in [0.4, 0.5) is 0 Å². The van der Waals surface area contributed by atoms with E-state index >= 15 is 0 Å². The zero-order valence-corrected chi connectivity index (χ0v) is 10.8. The molecule has 1 atom stereocenters. The molecule has 0 bridgehead atoms. The van der Waals surface area contributed by atoms with Crippen LogP contribution in [-0.2, 0) is 0 Å². The van der Waals surface area contributed by atoms with Gasteiger partial charge in [-0.3, -0.25) is 0 Å². The van der Waals surface area contributed by atoms with Crippen molar-refractivity contribution in [3.63, 3.8) is 0 Å². The third kappa shape index (κ3) is 4.55. The van der Waals surface area contributed by atoms with Crippen molar-refractivity contribution < 1.29 is 0 Å². The molecule has 0 aromatic carbocycles. The van der Waals surface area contributed by atoms with Gasteiger partial charge in [0.1, 0.15) is 0 Å². The molecule has 0 amide bonds. The maximum absolute atomic E-state index is 3.76. The Morgan fingerprint density at radius 3 is 2.33 bits per heavy atom. The van der Waals surface area contributed by atoms with Crippen LogP contribution >= 0.6 is 0 Å². The van der Waals surface area contributed by atoms with Crippen molar-refractivity contribution >= 4 is 0 Å². The second kappa shape index (κ2) is 7.27. The molecule has 1 rings (SSSR count). The van der Waals surface area contributed by atoms with E-state index in [0.29, 0.717) is 5.54 Å². The van der Waals surface area contributed by atoms with Gasteiger partial charge in [0.05, 0.1) is 0 Å². The zero-order chi connectivity index (χ0) is 11.0. The minimum Gasteiger partial charge on any atom is -0.311 e. The van der Waals surface area contributed by atoms with Gasteiger partial charge in [-0.15, -0.1) is 0 Å². The molecular formula is C14H29N. The Morgan fingerprint density at radius 2 is 1.73 bits per heavy atom. The predicted octanol–water partition coefficient (Wildman–Crippen LogP) is 4.27. The molecule has 0 aromatic rings. The van der Waals surface area contributed by atoms with Crippen LogP contribution in [0.3, 0.4) is 0 Å². The highest BCUT2D eigenvalue weighted by molar-refractivity contribution is 4.92. The van der Waals surface area contributed by atoms with E-state index in [1.165, 1.54) is 70.8 Å². The molecule has 1 N–H and O–H groups in total. The van der Waals surface area contributed by atoms with E-state index in [1.54, 1.807) is 0 Å². The molecule has 1 nitrogen and oxygen atoms in total. The van der Waals surface area contributed by atoms with Gasteiger partial charge in [-0.25, -0.2) is 0 Å². The molecule has 0 saturated carbocycles. The summed E-state index contributed by atoms with van der Waals surface area (Å²) < 4.78 is 0. The summed E-state index contributed by atoms with van der Waals surface area (Å²) in [4.78, 5) is 0. The maximum Gasteiger partial charge on any atom is 0.0181 e. The van der Waals surface area contributed by atoms with Gasteiger partial charge in [-0.05, 0) is 32.2 Å². The van der Waals surface area contributed by atoms with Crippen LogP contribution in [0, 0.1) is 0 Å². The zero-order valence-electron chi connectivity index (χ0n) is 10.8. The Kier molecular flexibility index (Phi) is 6.31. The Hall–Kier alpha value is -0.0400. The minimum absolute atomic E-state index is 0.543. The largest absolute Gasteiger partial charge is 0.311 e. The maximum atomic E-state index is 3.76. The van der Waals surface area contributed by atoms with Crippen molar-refractivity contribution in [3.05, 3.63) is 0 Å². The molecule has 1 heterocycles. The van der Waals surface area contributed by atoms with Crippen LogP contribution in [0.5, 0.6) is 0 Å². The Labute approximate surface area is 96.0 Å². The number of hydrogen-bond acceptors (Lipinski definition) is 1. The normalized spacial score (nSPS) is 26.0. The standard InChI is InChI=1S/C14H29N/c1-3-5-6-7-8-11-14(10-4-2)12-9-13-15-14/h15H,3-13H2,1-2H3. The summed E-state index contributed by atoms with van der Waals surface area (Å²) in [5.41, 5.74) is 0.543. The summed E-state index contributed by atoms with van der Waals surface area (Å²) in [6.07, 6.45) is 14.1. The topological polar surface area (TPSA) is 12.0 Å². The van der Waals surface area contributed by atoms with Gasteiger partial charge in [0.2, 0.25) is 0 Å². The molecular weight excluding hydrogens is 182 g/mol. The van der Waals surface area contributed by atoms with Crippen LogP contribution in [0.2, 0.25) is 0 Å². The summed E-state index contributed by atoms with van der Waals surface area (Å²) in [5, 5.41) is 3.76. The van der Waals surface area contributed by atoms with Gasteiger partial charge < -0.3 is 5.32 Å². The fourth-order valence-corrected chi connectivity index (χ4v) is 2.97. The summed E-state index contributed by atoms with van der Waals surface area (Å²) in [6, 6.07) is 0. The van der Waals surface area contributed by atoms with Crippen molar-refractivity contribution in [2.45, 2.75) is 83.6 Å². The first-order valence-corrected chi connectivity index (χ1v) is 7.08. The average Bonchev–Trinajstić information content (AvgIpc) is 2.67. The van der Waals surface area contributed by atoms with Gasteiger partial charge in [0.25, 0.3) is 0 Å². The molecule has 90 valence electrons. The number of rotatable bonds is 8. The van der Waals surface area contributed by atoms with E-state index in [0.717, 1.165) is 0 Å². The van der Waals surface area contributed by atoms with E-state index in [4.69, 9.17) is 0 Å². The molecule has 0 aliphatic carbocycles. The second-order valence-electron chi connectivity index (χ2n) is 5.22. The van der Waals surface area contributed by atoms with Crippen LogP contribution in [0.15, 0.2) is 0 Å². The molecule has 0 aromatic heterocycles. The van der Waals surface area contributed by atoms with Crippen molar-refractivity contribution in [1.82, 2.24) is 5.32 Å². The second-order valence-corrected chi connectivity index (χ2v) is 5.22. The van der Waals surface area contributed by atoms with Crippen LogP contribution in [-0.4, -0.2) is 12.1 Å². The summed E-state index contributed by atoms with van der Waals surface area (Å²) in [6.45, 7) is 5.87. The van der Waals surface area contributed by atoms with Crippen molar-refractivity contribution in [2.24, 2.45) is 0 Å². The third-order valence-corrected chi connectivity index (χ3v) is 3.82. The lowest BCUT2D eigenvalue weighted by molar-refractivity contribution is 0.307. The van der Waals surface area contributed by atoms with Gasteiger partial charge >= 0.3 is 0 Å². The Bertz CT molecular complexity index is 147. The molecule has 1 unspecified atom stereocenters. The first-order valence-electron chi connectivity index (χ1n) is 7.08. The molecule has 1 aliphatic heterocycles. The van der Waals surface area contributed by atoms with Gasteiger partial charge in [0, 0.05) is 5.54 Å². The highest BCUT2D eigenvalue weighted by Crippen LogP contribution is 2.30. The molecule has 1 aliphatic rings. The van der Waals surface area contributed by atoms with Crippen LogP contribution in [0.1, 0.15) is 78.1 Å².